The molecular formula is C13H21N3O. The number of nitrogens with zero attached hydrogens (tertiary/aromatic N) is 2. The van der Waals surface area contributed by atoms with Crippen molar-refractivity contribution >= 4 is 5.82 Å². The first-order valence-corrected chi connectivity index (χ1v) is 6.54. The maximum absolute atomic E-state index is 5.89. The Kier molecular flexibility index (Phi) is 4.18. The first kappa shape index (κ1) is 12.1. The van der Waals surface area contributed by atoms with E-state index in [-0.39, 0.29) is 0 Å². The summed E-state index contributed by atoms with van der Waals surface area (Å²) in [4.78, 5) is 8.68. The molecule has 1 aromatic rings. The second kappa shape index (κ2) is 5.84. The molecule has 1 aromatic heterocycles. The van der Waals surface area contributed by atoms with Gasteiger partial charge in [-0.2, -0.15) is 4.98 Å². The molecule has 4 heteroatoms. The van der Waals surface area contributed by atoms with E-state index in [2.05, 4.69) is 22.2 Å². The zero-order chi connectivity index (χ0) is 12.1. The summed E-state index contributed by atoms with van der Waals surface area (Å²) in [5.74, 6) is 2.34. The van der Waals surface area contributed by atoms with Gasteiger partial charge in [-0.15, -0.1) is 0 Å². The van der Waals surface area contributed by atoms with Gasteiger partial charge in [-0.25, -0.2) is 4.98 Å². The summed E-state index contributed by atoms with van der Waals surface area (Å²) in [5.41, 5.74) is 0. The zero-order valence-corrected chi connectivity index (χ0v) is 10.7. The molecule has 0 saturated heterocycles. The van der Waals surface area contributed by atoms with E-state index in [0.29, 0.717) is 12.0 Å². The Morgan fingerprint density at radius 1 is 1.35 bits per heavy atom. The van der Waals surface area contributed by atoms with Crippen LogP contribution in [0.1, 0.15) is 44.9 Å². The van der Waals surface area contributed by atoms with Gasteiger partial charge in [0.2, 0.25) is 5.88 Å². The van der Waals surface area contributed by atoms with E-state index < -0.39 is 0 Å². The summed E-state index contributed by atoms with van der Waals surface area (Å²) in [6.45, 7) is 4.97. The molecule has 0 unspecified atom stereocenters. The molecule has 1 fully saturated rings. The number of nitrogens with one attached hydrogen (secondary N) is 1. The van der Waals surface area contributed by atoms with Crippen LogP contribution in [0.25, 0.3) is 0 Å². The summed E-state index contributed by atoms with van der Waals surface area (Å²) in [7, 11) is 0. The predicted octanol–water partition coefficient (Wildman–Crippen LogP) is 2.93. The monoisotopic (exact) mass is 235 g/mol. The molecule has 4 nitrogen and oxygen atoms in total. The van der Waals surface area contributed by atoms with Crippen LogP contribution in [0.2, 0.25) is 0 Å². The molecule has 0 aliphatic heterocycles. The molecule has 2 rings (SSSR count). The summed E-state index contributed by atoms with van der Waals surface area (Å²) in [5, 5.41) is 3.27. The number of hydrogen-bond donors (Lipinski definition) is 1. The summed E-state index contributed by atoms with van der Waals surface area (Å²) in [6.07, 6.45) is 6.29. The maximum atomic E-state index is 5.89. The molecule has 1 saturated carbocycles. The number of hydrogen-bond acceptors (Lipinski definition) is 4. The van der Waals surface area contributed by atoms with Crippen molar-refractivity contribution < 1.29 is 4.74 Å². The van der Waals surface area contributed by atoms with Gasteiger partial charge >= 0.3 is 0 Å². The van der Waals surface area contributed by atoms with E-state index in [9.17, 15) is 0 Å². The highest BCUT2D eigenvalue weighted by Gasteiger charge is 2.17. The first-order chi connectivity index (χ1) is 8.28. The van der Waals surface area contributed by atoms with Crippen molar-refractivity contribution in [1.82, 2.24) is 9.97 Å². The molecule has 1 heterocycles. The van der Waals surface area contributed by atoms with Crippen LogP contribution in [-0.4, -0.2) is 22.6 Å². The van der Waals surface area contributed by atoms with Gasteiger partial charge < -0.3 is 10.1 Å². The number of aryl methyl sites for hydroxylation is 1. The topological polar surface area (TPSA) is 47.0 Å². The molecule has 1 aliphatic rings. The van der Waals surface area contributed by atoms with Crippen molar-refractivity contribution in [3.8, 4) is 5.88 Å². The Balaban J connectivity index is 2.02. The Labute approximate surface area is 103 Å². The molecule has 0 atom stereocenters. The van der Waals surface area contributed by atoms with Crippen LogP contribution < -0.4 is 10.1 Å². The quantitative estimate of drug-likeness (QED) is 0.852. The molecular weight excluding hydrogens is 214 g/mol. The number of aromatic nitrogens is 2. The maximum Gasteiger partial charge on any atom is 0.218 e. The van der Waals surface area contributed by atoms with Gasteiger partial charge in [0, 0.05) is 12.6 Å². The molecule has 0 spiro atoms. The highest BCUT2D eigenvalue weighted by molar-refractivity contribution is 5.38. The second-order valence-electron chi connectivity index (χ2n) is 4.59. The summed E-state index contributed by atoms with van der Waals surface area (Å²) >= 11 is 0. The Morgan fingerprint density at radius 2 is 2.12 bits per heavy atom. The van der Waals surface area contributed by atoms with Gasteiger partial charge in [0.25, 0.3) is 0 Å². The van der Waals surface area contributed by atoms with E-state index in [4.69, 9.17) is 4.74 Å². The molecule has 17 heavy (non-hydrogen) atoms. The third-order valence-electron chi connectivity index (χ3n) is 2.96. The van der Waals surface area contributed by atoms with Crippen LogP contribution in [0.5, 0.6) is 5.88 Å². The summed E-state index contributed by atoms with van der Waals surface area (Å²) in [6, 6.07) is 1.90. The van der Waals surface area contributed by atoms with Crippen molar-refractivity contribution in [1.29, 1.82) is 0 Å². The van der Waals surface area contributed by atoms with Crippen molar-refractivity contribution in [3.63, 3.8) is 0 Å². The van der Waals surface area contributed by atoms with E-state index in [1.807, 2.05) is 13.0 Å². The molecule has 0 radical (unpaired) electrons. The van der Waals surface area contributed by atoms with Gasteiger partial charge in [0.15, 0.2) is 0 Å². The number of ether oxygens (including phenoxy) is 1. The van der Waals surface area contributed by atoms with Crippen molar-refractivity contribution in [2.45, 2.75) is 52.1 Å². The third kappa shape index (κ3) is 3.58. The number of anilines is 1. The third-order valence-corrected chi connectivity index (χ3v) is 2.96. The Bertz CT molecular complexity index is 362. The van der Waals surface area contributed by atoms with Crippen LogP contribution in [0, 0.1) is 6.92 Å². The zero-order valence-electron chi connectivity index (χ0n) is 10.7. The Morgan fingerprint density at radius 3 is 2.82 bits per heavy atom. The van der Waals surface area contributed by atoms with Crippen LogP contribution in [0.3, 0.4) is 0 Å². The fourth-order valence-electron chi connectivity index (χ4n) is 2.12. The first-order valence-electron chi connectivity index (χ1n) is 6.54. The molecule has 0 bridgehead atoms. The predicted molar refractivity (Wildman–Crippen MR) is 68.4 cm³/mol. The van der Waals surface area contributed by atoms with Gasteiger partial charge in [0.05, 0.1) is 0 Å². The summed E-state index contributed by atoms with van der Waals surface area (Å²) < 4.78 is 5.89. The highest BCUT2D eigenvalue weighted by atomic mass is 16.5. The smallest absolute Gasteiger partial charge is 0.218 e. The lowest BCUT2D eigenvalue weighted by atomic mass is 10.3. The fraction of sp³-hybridized carbons (Fsp3) is 0.692. The van der Waals surface area contributed by atoms with Crippen LogP contribution in [0.15, 0.2) is 6.07 Å². The van der Waals surface area contributed by atoms with E-state index in [0.717, 1.165) is 37.4 Å². The lowest BCUT2D eigenvalue weighted by molar-refractivity contribution is 0.201. The standard InChI is InChI=1S/C13H21N3O/c1-3-8-14-12-9-13(16-10(2)15-12)17-11-6-4-5-7-11/h9,11H,3-8H2,1-2H3,(H,14,15,16). The van der Waals surface area contributed by atoms with Gasteiger partial charge in [-0.1, -0.05) is 6.92 Å². The van der Waals surface area contributed by atoms with Gasteiger partial charge in [0.1, 0.15) is 17.7 Å². The lowest BCUT2D eigenvalue weighted by Gasteiger charge is -2.13. The fourth-order valence-corrected chi connectivity index (χ4v) is 2.12. The number of rotatable bonds is 5. The van der Waals surface area contributed by atoms with Crippen molar-refractivity contribution in [2.24, 2.45) is 0 Å². The molecule has 0 amide bonds. The van der Waals surface area contributed by atoms with Crippen molar-refractivity contribution in [3.05, 3.63) is 11.9 Å². The SMILES string of the molecule is CCCNc1cc(OC2CCCC2)nc(C)n1. The van der Waals surface area contributed by atoms with E-state index >= 15 is 0 Å². The van der Waals surface area contributed by atoms with E-state index in [1.165, 1.54) is 12.8 Å². The minimum atomic E-state index is 0.350. The largest absolute Gasteiger partial charge is 0.474 e. The van der Waals surface area contributed by atoms with E-state index in [1.54, 1.807) is 0 Å². The highest BCUT2D eigenvalue weighted by Crippen LogP contribution is 2.24. The van der Waals surface area contributed by atoms with Crippen LogP contribution in [0.4, 0.5) is 5.82 Å². The van der Waals surface area contributed by atoms with Crippen molar-refractivity contribution in [2.75, 3.05) is 11.9 Å². The lowest BCUT2D eigenvalue weighted by Crippen LogP contribution is -2.13. The Hall–Kier alpha value is -1.32. The minimum Gasteiger partial charge on any atom is -0.474 e. The molecule has 1 N–H and O–H groups in total. The average Bonchev–Trinajstić information content (AvgIpc) is 2.78. The average molecular weight is 235 g/mol. The normalized spacial score (nSPS) is 16.1. The van der Waals surface area contributed by atoms with Gasteiger partial charge in [-0.3, -0.25) is 0 Å². The van der Waals surface area contributed by atoms with Gasteiger partial charge in [-0.05, 0) is 39.0 Å². The molecule has 0 aromatic carbocycles. The van der Waals surface area contributed by atoms with Crippen LogP contribution in [-0.2, 0) is 0 Å². The second-order valence-corrected chi connectivity index (χ2v) is 4.59. The molecule has 1 aliphatic carbocycles. The van der Waals surface area contributed by atoms with Crippen LogP contribution >= 0.6 is 0 Å². The molecule has 94 valence electrons. The minimum absolute atomic E-state index is 0.350.